The van der Waals surface area contributed by atoms with Gasteiger partial charge in [-0.05, 0) is 24.3 Å². The van der Waals surface area contributed by atoms with Crippen molar-refractivity contribution in [1.29, 1.82) is 0 Å². The molecule has 0 aliphatic carbocycles. The molecule has 126 valence electrons. The van der Waals surface area contributed by atoms with Gasteiger partial charge in [-0.1, -0.05) is 82.7 Å². The predicted octanol–water partition coefficient (Wildman–Crippen LogP) is 6.05. The molecule has 0 fully saturated rings. The van der Waals surface area contributed by atoms with Gasteiger partial charge in [0.25, 0.3) is 0 Å². The van der Waals surface area contributed by atoms with Gasteiger partial charge in [-0.2, -0.15) is 0 Å². The van der Waals surface area contributed by atoms with Gasteiger partial charge in [0.05, 0.1) is 6.33 Å². The van der Waals surface area contributed by atoms with E-state index in [0.29, 0.717) is 12.0 Å². The standard InChI is InChI=1S/C21H32N2/c1-3-5-6-7-11-14-21(23-16-15-22-18-23)20(4-2)17-19-12-9-8-10-13-19/h8-10,12-13,15-16,18,20-21H,3-7,11,14,17H2,1-2H3. The minimum absolute atomic E-state index is 0.573. The number of hydrogen-bond acceptors (Lipinski definition) is 1. The molecule has 0 amide bonds. The number of imidazole rings is 1. The van der Waals surface area contributed by atoms with Crippen molar-refractivity contribution < 1.29 is 0 Å². The minimum atomic E-state index is 0.573. The fourth-order valence-corrected chi connectivity index (χ4v) is 3.52. The smallest absolute Gasteiger partial charge is 0.0948 e. The van der Waals surface area contributed by atoms with Gasteiger partial charge in [0, 0.05) is 18.4 Å². The molecule has 1 heterocycles. The van der Waals surface area contributed by atoms with Crippen LogP contribution in [0.15, 0.2) is 49.1 Å². The molecular formula is C21H32N2. The highest BCUT2D eigenvalue weighted by atomic mass is 15.1. The van der Waals surface area contributed by atoms with Gasteiger partial charge >= 0.3 is 0 Å². The van der Waals surface area contributed by atoms with Gasteiger partial charge < -0.3 is 4.57 Å². The molecule has 0 bridgehead atoms. The number of unbranched alkanes of at least 4 members (excludes halogenated alkanes) is 4. The lowest BCUT2D eigenvalue weighted by molar-refractivity contribution is 0.290. The van der Waals surface area contributed by atoms with Crippen LogP contribution in [0.3, 0.4) is 0 Å². The number of aromatic nitrogens is 2. The van der Waals surface area contributed by atoms with E-state index in [0.717, 1.165) is 6.42 Å². The maximum Gasteiger partial charge on any atom is 0.0948 e. The van der Waals surface area contributed by atoms with Crippen molar-refractivity contribution >= 4 is 0 Å². The fourth-order valence-electron chi connectivity index (χ4n) is 3.52. The summed E-state index contributed by atoms with van der Waals surface area (Å²) >= 11 is 0. The molecule has 2 heteroatoms. The average molecular weight is 313 g/mol. The second-order valence-corrected chi connectivity index (χ2v) is 6.64. The maximum absolute atomic E-state index is 4.29. The molecule has 2 unspecified atom stereocenters. The second-order valence-electron chi connectivity index (χ2n) is 6.64. The molecule has 0 saturated heterocycles. The Morgan fingerprint density at radius 3 is 2.43 bits per heavy atom. The summed E-state index contributed by atoms with van der Waals surface area (Å²) in [7, 11) is 0. The third-order valence-electron chi connectivity index (χ3n) is 4.92. The van der Waals surface area contributed by atoms with E-state index in [1.165, 1.54) is 50.5 Å². The van der Waals surface area contributed by atoms with E-state index in [1.807, 2.05) is 12.5 Å². The van der Waals surface area contributed by atoms with Crippen molar-refractivity contribution in [3.63, 3.8) is 0 Å². The number of nitrogens with zero attached hydrogens (tertiary/aromatic N) is 2. The van der Waals surface area contributed by atoms with Crippen molar-refractivity contribution in [3.8, 4) is 0 Å². The fraction of sp³-hybridized carbons (Fsp3) is 0.571. The topological polar surface area (TPSA) is 17.8 Å². The Kier molecular flexibility index (Phi) is 7.92. The summed E-state index contributed by atoms with van der Waals surface area (Å²) in [6, 6.07) is 11.5. The molecule has 0 radical (unpaired) electrons. The Morgan fingerprint density at radius 2 is 1.78 bits per heavy atom. The average Bonchev–Trinajstić information content (AvgIpc) is 3.12. The van der Waals surface area contributed by atoms with E-state index in [4.69, 9.17) is 0 Å². The molecule has 1 aromatic carbocycles. The zero-order chi connectivity index (χ0) is 16.3. The van der Waals surface area contributed by atoms with Crippen LogP contribution in [0.4, 0.5) is 0 Å². The van der Waals surface area contributed by atoms with Crippen LogP contribution in [-0.2, 0) is 6.42 Å². The molecular weight excluding hydrogens is 280 g/mol. The molecule has 1 aromatic heterocycles. The third-order valence-corrected chi connectivity index (χ3v) is 4.92. The summed E-state index contributed by atoms with van der Waals surface area (Å²) in [5.74, 6) is 0.678. The summed E-state index contributed by atoms with van der Waals surface area (Å²) < 4.78 is 2.34. The predicted molar refractivity (Wildman–Crippen MR) is 98.6 cm³/mol. The van der Waals surface area contributed by atoms with Crippen molar-refractivity contribution in [2.45, 2.75) is 71.3 Å². The van der Waals surface area contributed by atoms with Gasteiger partial charge in [0.1, 0.15) is 0 Å². The quantitative estimate of drug-likeness (QED) is 0.461. The van der Waals surface area contributed by atoms with Crippen molar-refractivity contribution in [3.05, 3.63) is 54.6 Å². The summed E-state index contributed by atoms with van der Waals surface area (Å²) in [5, 5.41) is 0. The normalized spacial score (nSPS) is 13.8. The van der Waals surface area contributed by atoms with Crippen LogP contribution in [-0.4, -0.2) is 9.55 Å². The Labute approximate surface area is 142 Å². The molecule has 0 aliphatic heterocycles. The Morgan fingerprint density at radius 1 is 1.00 bits per heavy atom. The van der Waals surface area contributed by atoms with Crippen molar-refractivity contribution in [1.82, 2.24) is 9.55 Å². The summed E-state index contributed by atoms with van der Waals surface area (Å²) in [5.41, 5.74) is 1.45. The molecule has 0 saturated carbocycles. The van der Waals surface area contributed by atoms with Crippen LogP contribution in [0.2, 0.25) is 0 Å². The number of benzene rings is 1. The second kappa shape index (κ2) is 10.3. The van der Waals surface area contributed by atoms with E-state index in [-0.39, 0.29) is 0 Å². The van der Waals surface area contributed by atoms with E-state index in [1.54, 1.807) is 0 Å². The Bertz CT molecular complexity index is 504. The summed E-state index contributed by atoms with van der Waals surface area (Å²) in [6.07, 6.45) is 16.5. The Balaban J connectivity index is 1.99. The molecule has 23 heavy (non-hydrogen) atoms. The van der Waals surface area contributed by atoms with Crippen LogP contribution < -0.4 is 0 Å². The van der Waals surface area contributed by atoms with Crippen LogP contribution in [0.25, 0.3) is 0 Å². The van der Waals surface area contributed by atoms with E-state index in [2.05, 4.69) is 59.9 Å². The first kappa shape index (κ1) is 17.8. The van der Waals surface area contributed by atoms with Crippen molar-refractivity contribution in [2.24, 2.45) is 5.92 Å². The first-order valence-electron chi connectivity index (χ1n) is 9.36. The van der Waals surface area contributed by atoms with Gasteiger partial charge in [-0.3, -0.25) is 0 Å². The van der Waals surface area contributed by atoms with Crippen LogP contribution in [0.5, 0.6) is 0 Å². The highest BCUT2D eigenvalue weighted by molar-refractivity contribution is 5.15. The molecule has 2 aromatic rings. The van der Waals surface area contributed by atoms with Crippen LogP contribution in [0, 0.1) is 5.92 Å². The zero-order valence-corrected chi connectivity index (χ0v) is 14.8. The highest BCUT2D eigenvalue weighted by Gasteiger charge is 2.21. The van der Waals surface area contributed by atoms with E-state index >= 15 is 0 Å². The maximum atomic E-state index is 4.29. The Hall–Kier alpha value is -1.57. The summed E-state index contributed by atoms with van der Waals surface area (Å²) in [6.45, 7) is 4.61. The van der Waals surface area contributed by atoms with Gasteiger partial charge in [0.15, 0.2) is 0 Å². The molecule has 0 aliphatic rings. The lowest BCUT2D eigenvalue weighted by Gasteiger charge is -2.28. The van der Waals surface area contributed by atoms with E-state index in [9.17, 15) is 0 Å². The number of rotatable bonds is 11. The lowest BCUT2D eigenvalue weighted by atomic mass is 9.86. The van der Waals surface area contributed by atoms with Crippen LogP contribution in [0.1, 0.15) is 70.4 Å². The van der Waals surface area contributed by atoms with Crippen molar-refractivity contribution in [2.75, 3.05) is 0 Å². The largest absolute Gasteiger partial charge is 0.334 e. The third kappa shape index (κ3) is 5.85. The van der Waals surface area contributed by atoms with Crippen LogP contribution >= 0.6 is 0 Å². The molecule has 0 N–H and O–H groups in total. The monoisotopic (exact) mass is 312 g/mol. The SMILES string of the molecule is CCCCCCCC(C(CC)Cc1ccccc1)n1ccnc1. The number of hydrogen-bond donors (Lipinski definition) is 0. The van der Waals surface area contributed by atoms with Gasteiger partial charge in [-0.25, -0.2) is 4.98 Å². The molecule has 0 spiro atoms. The lowest BCUT2D eigenvalue weighted by Crippen LogP contribution is -2.20. The van der Waals surface area contributed by atoms with Gasteiger partial charge in [0.2, 0.25) is 0 Å². The molecule has 2 atom stereocenters. The first-order valence-corrected chi connectivity index (χ1v) is 9.36. The van der Waals surface area contributed by atoms with E-state index < -0.39 is 0 Å². The first-order chi connectivity index (χ1) is 11.3. The minimum Gasteiger partial charge on any atom is -0.334 e. The molecule has 2 nitrogen and oxygen atoms in total. The molecule has 2 rings (SSSR count). The zero-order valence-electron chi connectivity index (χ0n) is 14.8. The summed E-state index contributed by atoms with van der Waals surface area (Å²) in [4.78, 5) is 4.29. The van der Waals surface area contributed by atoms with Gasteiger partial charge in [-0.15, -0.1) is 0 Å². The highest BCUT2D eigenvalue weighted by Crippen LogP contribution is 2.30.